The van der Waals surface area contributed by atoms with E-state index >= 15 is 0 Å². The third kappa shape index (κ3) is 5.39. The summed E-state index contributed by atoms with van der Waals surface area (Å²) in [7, 11) is 1.29. The first-order valence-electron chi connectivity index (χ1n) is 9.94. The Morgan fingerprint density at radius 1 is 1.19 bits per heavy atom. The van der Waals surface area contributed by atoms with E-state index in [1.165, 1.54) is 36.0 Å². The molecule has 3 rings (SSSR count). The van der Waals surface area contributed by atoms with E-state index in [2.05, 4.69) is 0 Å². The third-order valence-corrected chi connectivity index (χ3v) is 5.82. The number of hydrogen-bond acceptors (Lipinski definition) is 4. The number of ketones is 1. The Hall–Kier alpha value is -2.99. The third-order valence-electron chi connectivity index (χ3n) is 5.47. The van der Waals surface area contributed by atoms with Gasteiger partial charge in [-0.25, -0.2) is 9.18 Å². The van der Waals surface area contributed by atoms with Crippen molar-refractivity contribution < 1.29 is 18.7 Å². The second-order valence-electron chi connectivity index (χ2n) is 7.56. The van der Waals surface area contributed by atoms with Crippen LogP contribution in [0.4, 0.5) is 4.39 Å². The average Bonchev–Trinajstić information content (AvgIpc) is 2.88. The van der Waals surface area contributed by atoms with E-state index in [0.717, 1.165) is 0 Å². The van der Waals surface area contributed by atoms with E-state index in [4.69, 9.17) is 16.3 Å². The number of allylic oxidation sites excluding steroid dienone is 2. The van der Waals surface area contributed by atoms with Gasteiger partial charge < -0.3 is 9.30 Å². The highest BCUT2D eigenvalue weighted by Crippen LogP contribution is 2.28. The van der Waals surface area contributed by atoms with E-state index in [0.29, 0.717) is 34.6 Å². The lowest BCUT2D eigenvalue weighted by molar-refractivity contribution is -0.135. The highest BCUT2D eigenvalue weighted by atomic mass is 35.5. The van der Waals surface area contributed by atoms with Crippen molar-refractivity contribution in [3.63, 3.8) is 0 Å². The van der Waals surface area contributed by atoms with Crippen LogP contribution in [-0.4, -0.2) is 23.4 Å². The van der Waals surface area contributed by atoms with Gasteiger partial charge in [0.1, 0.15) is 5.82 Å². The summed E-state index contributed by atoms with van der Waals surface area (Å²) in [4.78, 5) is 36.2. The zero-order valence-corrected chi connectivity index (χ0v) is 18.1. The predicted molar refractivity (Wildman–Crippen MR) is 116 cm³/mol. The summed E-state index contributed by atoms with van der Waals surface area (Å²) in [6.45, 7) is 2.02. The molecule has 1 aromatic carbocycles. The maximum atomic E-state index is 14.8. The molecule has 0 aliphatic heterocycles. The fourth-order valence-electron chi connectivity index (χ4n) is 3.70. The number of esters is 1. The largest absolute Gasteiger partial charge is 0.465 e. The maximum Gasteiger partial charge on any atom is 0.337 e. The molecule has 7 heteroatoms. The number of carbonyl (C=O) groups is 2. The second-order valence-corrected chi connectivity index (χ2v) is 7.96. The normalized spacial score (nSPS) is 18.5. The first-order valence-corrected chi connectivity index (χ1v) is 10.3. The molecule has 0 bridgehead atoms. The molecule has 1 aliphatic carbocycles. The predicted octanol–water partition coefficient (Wildman–Crippen LogP) is 4.11. The van der Waals surface area contributed by atoms with Crippen molar-refractivity contribution in [2.45, 2.75) is 26.3 Å². The van der Waals surface area contributed by atoms with Crippen LogP contribution in [0.2, 0.25) is 5.02 Å². The van der Waals surface area contributed by atoms with Gasteiger partial charge in [0.15, 0.2) is 5.78 Å². The molecule has 1 heterocycles. The van der Waals surface area contributed by atoms with Gasteiger partial charge in [0.2, 0.25) is 0 Å². The molecule has 0 spiro atoms. The standard InChI is InChI=1S/C24H23ClFNO4/c1-15-11-17(24(30)31-2)7-9-22(28)19(15)8-6-16-12-20(25)18(13-21(16)26)14-27-10-4-3-5-23(27)29/h3-5,7,9-13,15,19H,6,8,14H2,1-2H3. The molecule has 5 nitrogen and oxygen atoms in total. The van der Waals surface area contributed by atoms with Gasteiger partial charge in [0.05, 0.1) is 19.2 Å². The molecule has 1 aromatic heterocycles. The molecule has 2 unspecified atom stereocenters. The Balaban J connectivity index is 1.75. The Morgan fingerprint density at radius 3 is 2.68 bits per heavy atom. The molecular weight excluding hydrogens is 421 g/mol. The Morgan fingerprint density at radius 2 is 1.97 bits per heavy atom. The Kier molecular flexibility index (Phi) is 7.23. The van der Waals surface area contributed by atoms with Crippen LogP contribution in [0.25, 0.3) is 0 Å². The number of methoxy groups -OCH3 is 1. The van der Waals surface area contributed by atoms with Gasteiger partial charge >= 0.3 is 5.97 Å². The zero-order chi connectivity index (χ0) is 22.5. The van der Waals surface area contributed by atoms with Crippen LogP contribution in [0, 0.1) is 17.7 Å². The van der Waals surface area contributed by atoms with Crippen molar-refractivity contribution in [2.24, 2.45) is 11.8 Å². The molecule has 0 saturated heterocycles. The first kappa shape index (κ1) is 22.7. The summed E-state index contributed by atoms with van der Waals surface area (Å²) >= 11 is 6.36. The highest BCUT2D eigenvalue weighted by molar-refractivity contribution is 6.31. The molecule has 0 fully saturated rings. The second kappa shape index (κ2) is 9.88. The average molecular weight is 444 g/mol. The number of aromatic nitrogens is 1. The molecule has 162 valence electrons. The number of hydrogen-bond donors (Lipinski definition) is 0. The lowest BCUT2D eigenvalue weighted by atomic mass is 9.85. The van der Waals surface area contributed by atoms with Crippen molar-refractivity contribution in [1.82, 2.24) is 4.57 Å². The number of benzene rings is 1. The van der Waals surface area contributed by atoms with Crippen molar-refractivity contribution in [3.8, 4) is 0 Å². The van der Waals surface area contributed by atoms with Gasteiger partial charge in [-0.3, -0.25) is 9.59 Å². The van der Waals surface area contributed by atoms with E-state index in [1.54, 1.807) is 30.5 Å². The van der Waals surface area contributed by atoms with Crippen molar-refractivity contribution >= 4 is 23.4 Å². The number of pyridine rings is 1. The SMILES string of the molecule is COC(=O)C1=CC(C)C(CCc2cc(Cl)c(Cn3ccccc3=O)cc2F)C(=O)C=C1. The Bertz CT molecular complexity index is 1120. The van der Waals surface area contributed by atoms with Crippen molar-refractivity contribution in [3.05, 3.63) is 92.7 Å². The van der Waals surface area contributed by atoms with Crippen LogP contribution in [0.15, 0.2) is 65.1 Å². The summed E-state index contributed by atoms with van der Waals surface area (Å²) in [6, 6.07) is 7.68. The van der Waals surface area contributed by atoms with Crippen molar-refractivity contribution in [2.75, 3.05) is 7.11 Å². The minimum absolute atomic E-state index is 0.116. The van der Waals surface area contributed by atoms with Crippen LogP contribution in [-0.2, 0) is 27.3 Å². The fourth-order valence-corrected chi connectivity index (χ4v) is 3.94. The van der Waals surface area contributed by atoms with Gasteiger partial charge in [0.25, 0.3) is 5.56 Å². The van der Waals surface area contributed by atoms with Crippen LogP contribution in [0.1, 0.15) is 24.5 Å². The van der Waals surface area contributed by atoms with Crippen LogP contribution in [0.3, 0.4) is 0 Å². The van der Waals surface area contributed by atoms with Crippen molar-refractivity contribution in [1.29, 1.82) is 0 Å². The summed E-state index contributed by atoms with van der Waals surface area (Å²) in [5, 5.41) is 0.361. The monoisotopic (exact) mass is 443 g/mol. The molecule has 1 aliphatic rings. The number of rotatable bonds is 6. The number of halogens is 2. The van der Waals surface area contributed by atoms with Gasteiger partial charge in [-0.05, 0) is 60.2 Å². The quantitative estimate of drug-likeness (QED) is 0.630. The summed E-state index contributed by atoms with van der Waals surface area (Å²) in [5.41, 5.74) is 1.04. The highest BCUT2D eigenvalue weighted by Gasteiger charge is 2.26. The van der Waals surface area contributed by atoms with Gasteiger partial charge in [-0.2, -0.15) is 0 Å². The fraction of sp³-hybridized carbons (Fsp3) is 0.292. The lowest BCUT2D eigenvalue weighted by Crippen LogP contribution is -2.20. The van der Waals surface area contributed by atoms with Gasteiger partial charge in [-0.1, -0.05) is 30.7 Å². The Labute approximate surface area is 184 Å². The molecular formula is C24H23ClFNO4. The molecule has 2 atom stereocenters. The van der Waals surface area contributed by atoms with Crippen LogP contribution >= 0.6 is 11.6 Å². The molecule has 0 amide bonds. The zero-order valence-electron chi connectivity index (χ0n) is 17.3. The van der Waals surface area contributed by atoms with Crippen LogP contribution in [0.5, 0.6) is 0 Å². The lowest BCUT2D eigenvalue weighted by Gasteiger charge is -2.19. The molecule has 0 N–H and O–H groups in total. The number of ether oxygens (including phenoxy) is 1. The smallest absolute Gasteiger partial charge is 0.337 e. The van der Waals surface area contributed by atoms with E-state index < -0.39 is 11.8 Å². The minimum Gasteiger partial charge on any atom is -0.465 e. The summed E-state index contributed by atoms with van der Waals surface area (Å²) < 4.78 is 20.9. The number of nitrogens with zero attached hydrogens (tertiary/aromatic N) is 1. The van der Waals surface area contributed by atoms with E-state index in [9.17, 15) is 18.8 Å². The van der Waals surface area contributed by atoms with Gasteiger partial charge in [0, 0.05) is 23.2 Å². The molecule has 0 saturated carbocycles. The van der Waals surface area contributed by atoms with E-state index in [-0.39, 0.29) is 29.7 Å². The number of carbonyl (C=O) groups excluding carboxylic acids is 2. The summed E-state index contributed by atoms with van der Waals surface area (Å²) in [6.07, 6.45) is 6.88. The summed E-state index contributed by atoms with van der Waals surface area (Å²) in [5.74, 6) is -1.64. The maximum absolute atomic E-state index is 14.8. The van der Waals surface area contributed by atoms with E-state index in [1.807, 2.05) is 6.92 Å². The minimum atomic E-state index is -0.498. The molecule has 2 aromatic rings. The first-order chi connectivity index (χ1) is 14.8. The van der Waals surface area contributed by atoms with Crippen LogP contribution < -0.4 is 5.56 Å². The molecule has 0 radical (unpaired) electrons. The topological polar surface area (TPSA) is 65.4 Å². The molecule has 31 heavy (non-hydrogen) atoms. The van der Waals surface area contributed by atoms with Gasteiger partial charge in [-0.15, -0.1) is 0 Å². The number of aryl methyl sites for hydroxylation is 1.